The maximum absolute atomic E-state index is 12.8. The van der Waals surface area contributed by atoms with Crippen molar-refractivity contribution in [3.63, 3.8) is 0 Å². The quantitative estimate of drug-likeness (QED) is 0.751. The summed E-state index contributed by atoms with van der Waals surface area (Å²) in [7, 11) is 0. The number of carbonyl (C=O) groups is 3. The number of carbonyl (C=O) groups excluding carboxylic acids is 3. The van der Waals surface area contributed by atoms with E-state index in [0.717, 1.165) is 23.0 Å². The first-order valence-electron chi connectivity index (χ1n) is 9.16. The Morgan fingerprint density at radius 3 is 2.15 bits per heavy atom. The summed E-state index contributed by atoms with van der Waals surface area (Å²) >= 11 is 3.42. The van der Waals surface area contributed by atoms with Gasteiger partial charge in [0.05, 0.1) is 5.92 Å². The summed E-state index contributed by atoms with van der Waals surface area (Å²) in [5, 5.41) is 0. The van der Waals surface area contributed by atoms with Gasteiger partial charge in [0.1, 0.15) is 0 Å². The van der Waals surface area contributed by atoms with Crippen LogP contribution >= 0.6 is 15.9 Å². The lowest BCUT2D eigenvalue weighted by Gasteiger charge is -2.36. The van der Waals surface area contributed by atoms with Crippen LogP contribution < -0.4 is 4.90 Å². The van der Waals surface area contributed by atoms with Crippen LogP contribution in [0.1, 0.15) is 19.3 Å². The smallest absolute Gasteiger partial charge is 0.228 e. The Hall–Kier alpha value is -1.89. The first-order valence-corrected chi connectivity index (χ1v) is 9.96. The molecule has 0 aromatic heterocycles. The zero-order valence-corrected chi connectivity index (χ0v) is 16.2. The van der Waals surface area contributed by atoms with Gasteiger partial charge in [-0.25, -0.2) is 0 Å². The molecule has 2 heterocycles. The molecule has 0 radical (unpaired) electrons. The molecule has 0 unspecified atom stereocenters. The van der Waals surface area contributed by atoms with Gasteiger partial charge in [0.2, 0.25) is 17.7 Å². The zero-order valence-electron chi connectivity index (χ0n) is 14.6. The second kappa shape index (κ2) is 7.02. The second-order valence-electron chi connectivity index (χ2n) is 7.31. The lowest BCUT2D eigenvalue weighted by molar-refractivity contribution is -0.142. The summed E-state index contributed by atoms with van der Waals surface area (Å²) in [6.45, 7) is 2.78. The molecule has 0 bridgehead atoms. The fourth-order valence-corrected chi connectivity index (χ4v) is 4.15. The molecule has 3 aliphatic rings. The molecular weight excluding hydrogens is 398 g/mol. The Labute approximate surface area is 161 Å². The molecule has 1 aromatic carbocycles. The number of piperazine rings is 1. The number of benzene rings is 1. The Kier molecular flexibility index (Phi) is 4.73. The summed E-state index contributed by atoms with van der Waals surface area (Å²) in [6, 6.07) is 7.58. The van der Waals surface area contributed by atoms with Gasteiger partial charge < -0.3 is 14.7 Å². The number of halogens is 1. The number of rotatable bonds is 3. The Bertz CT molecular complexity index is 741. The van der Waals surface area contributed by atoms with Gasteiger partial charge >= 0.3 is 0 Å². The SMILES string of the molecule is O=C(C1CC1)N1CCN(C(=O)[C@H]2CC(=O)N(c3cccc(Br)c3)C2)CC1. The molecule has 6 nitrogen and oxygen atoms in total. The Morgan fingerprint density at radius 2 is 1.58 bits per heavy atom. The van der Waals surface area contributed by atoms with Gasteiger partial charge in [-0.2, -0.15) is 0 Å². The van der Waals surface area contributed by atoms with Crippen molar-refractivity contribution in [3.05, 3.63) is 28.7 Å². The number of hydrogen-bond acceptors (Lipinski definition) is 3. The highest BCUT2D eigenvalue weighted by Gasteiger charge is 2.39. The molecule has 26 heavy (non-hydrogen) atoms. The van der Waals surface area contributed by atoms with Crippen molar-refractivity contribution in [3.8, 4) is 0 Å². The van der Waals surface area contributed by atoms with Crippen LogP contribution in [0.2, 0.25) is 0 Å². The zero-order chi connectivity index (χ0) is 18.3. The van der Waals surface area contributed by atoms with E-state index in [1.54, 1.807) is 4.90 Å². The van der Waals surface area contributed by atoms with Crippen LogP contribution in [0.4, 0.5) is 5.69 Å². The highest BCUT2D eigenvalue weighted by Crippen LogP contribution is 2.32. The third-order valence-electron chi connectivity index (χ3n) is 5.42. The van der Waals surface area contributed by atoms with E-state index in [1.807, 2.05) is 34.1 Å². The topological polar surface area (TPSA) is 60.9 Å². The molecule has 1 atom stereocenters. The van der Waals surface area contributed by atoms with E-state index in [2.05, 4.69) is 15.9 Å². The standard InChI is InChI=1S/C19H22BrN3O3/c20-15-2-1-3-16(11-15)23-12-14(10-17(23)24)19(26)22-8-6-21(7-9-22)18(25)13-4-5-13/h1-3,11,13-14H,4-10,12H2/t14-/m0/s1. The van der Waals surface area contributed by atoms with Crippen LogP contribution in [0.5, 0.6) is 0 Å². The molecule has 1 saturated carbocycles. The summed E-state index contributed by atoms with van der Waals surface area (Å²) in [6.07, 6.45) is 2.27. The van der Waals surface area contributed by atoms with Crippen LogP contribution in [0.3, 0.4) is 0 Å². The molecule has 0 spiro atoms. The van der Waals surface area contributed by atoms with E-state index in [4.69, 9.17) is 0 Å². The van der Waals surface area contributed by atoms with E-state index in [1.165, 1.54) is 0 Å². The molecule has 0 N–H and O–H groups in total. The molecule has 1 aliphatic carbocycles. The van der Waals surface area contributed by atoms with Crippen LogP contribution in [0.15, 0.2) is 28.7 Å². The lowest BCUT2D eigenvalue weighted by Crippen LogP contribution is -2.52. The molecule has 3 amide bonds. The molecule has 138 valence electrons. The molecule has 7 heteroatoms. The summed E-state index contributed by atoms with van der Waals surface area (Å²) in [5.74, 6) is 0.197. The third kappa shape index (κ3) is 3.49. The van der Waals surface area contributed by atoms with Gasteiger partial charge in [-0.05, 0) is 31.0 Å². The molecule has 4 rings (SSSR count). The molecule has 2 saturated heterocycles. The number of hydrogen-bond donors (Lipinski definition) is 0. The predicted octanol–water partition coefficient (Wildman–Crippen LogP) is 1.88. The largest absolute Gasteiger partial charge is 0.339 e. The van der Waals surface area contributed by atoms with E-state index in [0.29, 0.717) is 32.7 Å². The highest BCUT2D eigenvalue weighted by molar-refractivity contribution is 9.10. The van der Waals surface area contributed by atoms with E-state index < -0.39 is 0 Å². The summed E-state index contributed by atoms with van der Waals surface area (Å²) in [4.78, 5) is 42.8. The molecule has 3 fully saturated rings. The van der Waals surface area contributed by atoms with Gasteiger partial charge in [0.25, 0.3) is 0 Å². The Morgan fingerprint density at radius 1 is 0.962 bits per heavy atom. The fraction of sp³-hybridized carbons (Fsp3) is 0.526. The number of anilines is 1. The average Bonchev–Trinajstić information content (AvgIpc) is 3.42. The second-order valence-corrected chi connectivity index (χ2v) is 8.23. The van der Waals surface area contributed by atoms with Crippen LogP contribution in [0.25, 0.3) is 0 Å². The first-order chi connectivity index (χ1) is 12.5. The fourth-order valence-electron chi connectivity index (χ4n) is 3.76. The van der Waals surface area contributed by atoms with Crippen molar-refractivity contribution < 1.29 is 14.4 Å². The predicted molar refractivity (Wildman–Crippen MR) is 100 cm³/mol. The monoisotopic (exact) mass is 419 g/mol. The van der Waals surface area contributed by atoms with Gasteiger partial charge in [0.15, 0.2) is 0 Å². The van der Waals surface area contributed by atoms with Gasteiger partial charge in [-0.1, -0.05) is 22.0 Å². The maximum atomic E-state index is 12.8. The minimum Gasteiger partial charge on any atom is -0.339 e. The summed E-state index contributed by atoms with van der Waals surface area (Å²) in [5.41, 5.74) is 0.819. The van der Waals surface area contributed by atoms with Gasteiger partial charge in [0, 0.05) is 55.2 Å². The average molecular weight is 420 g/mol. The van der Waals surface area contributed by atoms with E-state index >= 15 is 0 Å². The molecular formula is C19H22BrN3O3. The van der Waals surface area contributed by atoms with Gasteiger partial charge in [-0.3, -0.25) is 14.4 Å². The van der Waals surface area contributed by atoms with Crippen LogP contribution in [0, 0.1) is 11.8 Å². The van der Waals surface area contributed by atoms with Crippen molar-refractivity contribution in [1.82, 2.24) is 9.80 Å². The molecule has 1 aromatic rings. The van der Waals surface area contributed by atoms with E-state index in [9.17, 15) is 14.4 Å². The first kappa shape index (κ1) is 17.5. The minimum atomic E-state index is -0.299. The number of nitrogens with zero attached hydrogens (tertiary/aromatic N) is 3. The van der Waals surface area contributed by atoms with E-state index in [-0.39, 0.29) is 36.0 Å². The molecule has 2 aliphatic heterocycles. The van der Waals surface area contributed by atoms with Gasteiger partial charge in [-0.15, -0.1) is 0 Å². The lowest BCUT2D eigenvalue weighted by atomic mass is 10.1. The maximum Gasteiger partial charge on any atom is 0.228 e. The third-order valence-corrected chi connectivity index (χ3v) is 5.92. The van der Waals surface area contributed by atoms with Crippen molar-refractivity contribution in [1.29, 1.82) is 0 Å². The summed E-state index contributed by atoms with van der Waals surface area (Å²) < 4.78 is 0.911. The van der Waals surface area contributed by atoms with Crippen molar-refractivity contribution in [2.24, 2.45) is 11.8 Å². The Balaban J connectivity index is 1.35. The van der Waals surface area contributed by atoms with Crippen LogP contribution in [-0.4, -0.2) is 60.2 Å². The van der Waals surface area contributed by atoms with Crippen molar-refractivity contribution in [2.45, 2.75) is 19.3 Å². The van der Waals surface area contributed by atoms with Crippen molar-refractivity contribution >= 4 is 39.3 Å². The number of amides is 3. The highest BCUT2D eigenvalue weighted by atomic mass is 79.9. The normalized spacial score (nSPS) is 23.5. The van der Waals surface area contributed by atoms with Crippen molar-refractivity contribution in [2.75, 3.05) is 37.6 Å². The minimum absolute atomic E-state index is 0.0102. The van der Waals surface area contributed by atoms with Crippen LogP contribution in [-0.2, 0) is 14.4 Å².